The van der Waals surface area contributed by atoms with E-state index in [9.17, 15) is 4.79 Å². The van der Waals surface area contributed by atoms with Crippen molar-refractivity contribution < 1.29 is 9.53 Å². The van der Waals surface area contributed by atoms with Gasteiger partial charge in [0.2, 0.25) is 0 Å². The second kappa shape index (κ2) is 9.42. The van der Waals surface area contributed by atoms with Crippen LogP contribution in [-0.2, 0) is 16.1 Å². The van der Waals surface area contributed by atoms with Crippen LogP contribution in [0.2, 0.25) is 0 Å². The number of piperidine rings is 1. The molecule has 1 amide bonds. The Morgan fingerprint density at radius 3 is 2.78 bits per heavy atom. The molecule has 23 heavy (non-hydrogen) atoms. The summed E-state index contributed by atoms with van der Waals surface area (Å²) in [5, 5.41) is 4.14. The summed E-state index contributed by atoms with van der Waals surface area (Å²) < 4.78 is 7.57. The Labute approximate surface area is 148 Å². The van der Waals surface area contributed by atoms with E-state index in [1.165, 1.54) is 0 Å². The Morgan fingerprint density at radius 2 is 2.13 bits per heavy atom. The molecule has 7 nitrogen and oxygen atoms in total. The maximum Gasteiger partial charge on any atom is 0.251 e. The van der Waals surface area contributed by atoms with Gasteiger partial charge in [0, 0.05) is 26.2 Å². The molecule has 0 saturated carbocycles. The molecule has 0 spiro atoms. The molecule has 1 unspecified atom stereocenters. The molecule has 3 heterocycles. The summed E-state index contributed by atoms with van der Waals surface area (Å²) in [6, 6.07) is 0. The standard InChI is InChI=1S/C14H23N5O2.2ClH/c15-6-12-3-4-13(21-12)14(20)18-5-1-2-11(7-18)8-19-10-16-9-17-19;;/h9-13H,1-8,15H2;2*1H/t11?,12-,13+;;/m1../s1. The van der Waals surface area contributed by atoms with Gasteiger partial charge in [0.05, 0.1) is 6.10 Å². The molecule has 1 aromatic rings. The molecular weight excluding hydrogens is 341 g/mol. The van der Waals surface area contributed by atoms with E-state index >= 15 is 0 Å². The maximum atomic E-state index is 12.5. The van der Waals surface area contributed by atoms with Gasteiger partial charge in [0.15, 0.2) is 0 Å². The Balaban J connectivity index is 0.00000132. The second-order valence-corrected chi connectivity index (χ2v) is 5.97. The lowest BCUT2D eigenvalue weighted by Crippen LogP contribution is -2.46. The number of ether oxygens (including phenoxy) is 1. The van der Waals surface area contributed by atoms with E-state index < -0.39 is 0 Å². The molecule has 132 valence electrons. The molecule has 2 saturated heterocycles. The van der Waals surface area contributed by atoms with Crippen molar-refractivity contribution in [3.8, 4) is 0 Å². The summed E-state index contributed by atoms with van der Waals surface area (Å²) in [4.78, 5) is 18.5. The first-order valence-electron chi connectivity index (χ1n) is 7.73. The van der Waals surface area contributed by atoms with Crippen LogP contribution in [0, 0.1) is 5.92 Å². The van der Waals surface area contributed by atoms with E-state index in [0.717, 1.165) is 45.3 Å². The number of likely N-dealkylation sites (tertiary alicyclic amines) is 1. The minimum atomic E-state index is -0.288. The van der Waals surface area contributed by atoms with Gasteiger partial charge >= 0.3 is 0 Å². The van der Waals surface area contributed by atoms with Crippen LogP contribution in [0.1, 0.15) is 25.7 Å². The highest BCUT2D eigenvalue weighted by Crippen LogP contribution is 2.24. The number of hydrogen-bond acceptors (Lipinski definition) is 5. The van der Waals surface area contributed by atoms with Crippen molar-refractivity contribution in [1.82, 2.24) is 19.7 Å². The highest BCUT2D eigenvalue weighted by atomic mass is 35.5. The summed E-state index contributed by atoms with van der Waals surface area (Å²) in [7, 11) is 0. The third kappa shape index (κ3) is 5.04. The largest absolute Gasteiger partial charge is 0.364 e. The van der Waals surface area contributed by atoms with Gasteiger partial charge in [-0.05, 0) is 31.6 Å². The van der Waals surface area contributed by atoms with Crippen LogP contribution in [0.3, 0.4) is 0 Å². The normalized spacial score (nSPS) is 27.2. The zero-order valence-corrected chi connectivity index (χ0v) is 14.7. The average molecular weight is 366 g/mol. The zero-order chi connectivity index (χ0) is 14.7. The fraction of sp³-hybridized carbons (Fsp3) is 0.786. The van der Waals surface area contributed by atoms with E-state index in [0.29, 0.717) is 12.5 Å². The second-order valence-electron chi connectivity index (χ2n) is 5.97. The monoisotopic (exact) mass is 365 g/mol. The van der Waals surface area contributed by atoms with Gasteiger partial charge in [0.25, 0.3) is 5.91 Å². The van der Waals surface area contributed by atoms with E-state index in [1.54, 1.807) is 12.7 Å². The number of halogens is 2. The number of amides is 1. The number of nitrogens with zero attached hydrogens (tertiary/aromatic N) is 4. The first kappa shape index (κ1) is 20.2. The molecule has 1 aromatic heterocycles. The average Bonchev–Trinajstić information content (AvgIpc) is 3.17. The van der Waals surface area contributed by atoms with Crippen molar-refractivity contribution in [1.29, 1.82) is 0 Å². The van der Waals surface area contributed by atoms with Crippen LogP contribution in [0.15, 0.2) is 12.7 Å². The lowest BCUT2D eigenvalue weighted by Gasteiger charge is -2.34. The number of rotatable bonds is 4. The number of carbonyl (C=O) groups is 1. The lowest BCUT2D eigenvalue weighted by molar-refractivity contribution is -0.144. The van der Waals surface area contributed by atoms with Crippen LogP contribution in [0.4, 0.5) is 0 Å². The van der Waals surface area contributed by atoms with Crippen molar-refractivity contribution in [3.63, 3.8) is 0 Å². The van der Waals surface area contributed by atoms with E-state index in [4.69, 9.17) is 10.5 Å². The van der Waals surface area contributed by atoms with E-state index in [-0.39, 0.29) is 42.9 Å². The minimum absolute atomic E-state index is 0. The summed E-state index contributed by atoms with van der Waals surface area (Å²) in [5.41, 5.74) is 5.61. The molecule has 2 fully saturated rings. The van der Waals surface area contributed by atoms with Gasteiger partial charge in [-0.2, -0.15) is 5.10 Å². The van der Waals surface area contributed by atoms with Crippen LogP contribution in [0.5, 0.6) is 0 Å². The topological polar surface area (TPSA) is 86.3 Å². The SMILES string of the molecule is Cl.Cl.NC[C@H]1CC[C@@H](C(=O)N2CCCC(Cn3cncn3)C2)O1. The molecule has 2 aliphatic rings. The predicted octanol–water partition coefficient (Wildman–Crippen LogP) is 0.867. The van der Waals surface area contributed by atoms with Gasteiger partial charge in [0.1, 0.15) is 18.8 Å². The number of nitrogens with two attached hydrogens (primary N) is 1. The van der Waals surface area contributed by atoms with Crippen LogP contribution in [0.25, 0.3) is 0 Å². The highest BCUT2D eigenvalue weighted by Gasteiger charge is 2.34. The van der Waals surface area contributed by atoms with Gasteiger partial charge in [-0.25, -0.2) is 4.98 Å². The highest BCUT2D eigenvalue weighted by molar-refractivity contribution is 5.85. The fourth-order valence-electron chi connectivity index (χ4n) is 3.27. The number of carbonyl (C=O) groups excluding carboxylic acids is 1. The van der Waals surface area contributed by atoms with Crippen molar-refractivity contribution in [2.24, 2.45) is 11.7 Å². The van der Waals surface area contributed by atoms with Gasteiger partial charge in [-0.1, -0.05) is 0 Å². The predicted molar refractivity (Wildman–Crippen MR) is 90.8 cm³/mol. The maximum absolute atomic E-state index is 12.5. The van der Waals surface area contributed by atoms with Crippen LogP contribution in [-0.4, -0.2) is 57.4 Å². The Morgan fingerprint density at radius 1 is 1.30 bits per heavy atom. The summed E-state index contributed by atoms with van der Waals surface area (Å²) in [6.07, 6.45) is 6.89. The molecule has 0 aromatic carbocycles. The van der Waals surface area contributed by atoms with Crippen LogP contribution >= 0.6 is 24.8 Å². The summed E-state index contributed by atoms with van der Waals surface area (Å²) in [6.45, 7) is 2.94. The molecule has 0 radical (unpaired) electrons. The zero-order valence-electron chi connectivity index (χ0n) is 13.0. The molecular formula is C14H25Cl2N5O2. The Kier molecular flexibility index (Phi) is 8.25. The number of hydrogen-bond donors (Lipinski definition) is 1. The molecule has 9 heteroatoms. The van der Waals surface area contributed by atoms with Crippen molar-refractivity contribution in [2.45, 2.75) is 44.4 Å². The lowest BCUT2D eigenvalue weighted by atomic mass is 9.97. The molecule has 2 aliphatic heterocycles. The van der Waals surface area contributed by atoms with E-state index in [2.05, 4.69) is 10.1 Å². The van der Waals surface area contributed by atoms with Crippen molar-refractivity contribution in [2.75, 3.05) is 19.6 Å². The molecule has 0 bridgehead atoms. The van der Waals surface area contributed by atoms with E-state index in [1.807, 2.05) is 9.58 Å². The number of aromatic nitrogens is 3. The van der Waals surface area contributed by atoms with Gasteiger partial charge in [-0.3, -0.25) is 9.48 Å². The fourth-order valence-corrected chi connectivity index (χ4v) is 3.27. The molecule has 0 aliphatic carbocycles. The van der Waals surface area contributed by atoms with Gasteiger partial charge < -0.3 is 15.4 Å². The quantitative estimate of drug-likeness (QED) is 0.855. The minimum Gasteiger partial charge on any atom is -0.364 e. The molecule has 3 rings (SSSR count). The smallest absolute Gasteiger partial charge is 0.251 e. The summed E-state index contributed by atoms with van der Waals surface area (Å²) in [5.74, 6) is 0.574. The molecule has 3 atom stereocenters. The van der Waals surface area contributed by atoms with Crippen LogP contribution < -0.4 is 5.73 Å². The Hall–Kier alpha value is -0.890. The van der Waals surface area contributed by atoms with Crippen molar-refractivity contribution >= 4 is 30.7 Å². The van der Waals surface area contributed by atoms with Crippen molar-refractivity contribution in [3.05, 3.63) is 12.7 Å². The summed E-state index contributed by atoms with van der Waals surface area (Å²) >= 11 is 0. The first-order valence-corrected chi connectivity index (χ1v) is 7.73. The third-order valence-electron chi connectivity index (χ3n) is 4.39. The Bertz CT molecular complexity index is 474. The third-order valence-corrected chi connectivity index (χ3v) is 4.39. The van der Waals surface area contributed by atoms with Gasteiger partial charge in [-0.15, -0.1) is 24.8 Å². The molecule has 2 N–H and O–H groups in total. The first-order chi connectivity index (χ1) is 10.3.